The highest BCUT2D eigenvalue weighted by Gasteiger charge is 2.38. The minimum Gasteiger partial charge on any atom is -0.505 e. The van der Waals surface area contributed by atoms with Crippen molar-refractivity contribution < 1.29 is 14.4 Å². The average molecular weight is 289 g/mol. The van der Waals surface area contributed by atoms with Crippen molar-refractivity contribution >= 4 is 35.8 Å². The number of hydrogen-bond acceptors (Lipinski definition) is 3. The third-order valence-corrected chi connectivity index (χ3v) is 3.45. The molecule has 0 spiro atoms. The molecule has 1 N–H and O–H groups in total. The van der Waals surface area contributed by atoms with Crippen LogP contribution in [-0.2, 0) is 9.31 Å². The standard InChI is InChI=1S/C12H15BCl2O3/c1-7-6-12(2,3)18-13(17-7)8-4-9(14)11(16)10(15)5-8/h4-5,7,16H,6H2,1-3H3. The summed E-state index contributed by atoms with van der Waals surface area (Å²) in [7, 11) is -0.514. The Morgan fingerprint density at radius 3 is 2.39 bits per heavy atom. The molecule has 1 aliphatic heterocycles. The van der Waals surface area contributed by atoms with E-state index in [0.717, 1.165) is 6.42 Å². The Morgan fingerprint density at radius 1 is 1.33 bits per heavy atom. The monoisotopic (exact) mass is 288 g/mol. The zero-order valence-corrected chi connectivity index (χ0v) is 12.0. The second kappa shape index (κ2) is 4.93. The predicted molar refractivity (Wildman–Crippen MR) is 73.8 cm³/mol. The molecular formula is C12H15BCl2O3. The van der Waals surface area contributed by atoms with Crippen LogP contribution in [0.25, 0.3) is 0 Å². The molecule has 0 saturated carbocycles. The predicted octanol–water partition coefficient (Wildman–Crippen LogP) is 3.00. The lowest BCUT2D eigenvalue weighted by atomic mass is 9.75. The number of phenolic OH excluding ortho intramolecular Hbond substituents is 1. The summed E-state index contributed by atoms with van der Waals surface area (Å²) in [5.41, 5.74) is 0.446. The van der Waals surface area contributed by atoms with Crippen molar-refractivity contribution in [3.8, 4) is 5.75 Å². The first-order chi connectivity index (χ1) is 8.28. The minimum absolute atomic E-state index is 0.0881. The summed E-state index contributed by atoms with van der Waals surface area (Å²) in [4.78, 5) is 0. The summed E-state index contributed by atoms with van der Waals surface area (Å²) in [5, 5.41) is 9.93. The molecule has 1 atom stereocenters. The van der Waals surface area contributed by atoms with E-state index >= 15 is 0 Å². The van der Waals surface area contributed by atoms with Gasteiger partial charge in [0, 0.05) is 6.10 Å². The van der Waals surface area contributed by atoms with E-state index in [-0.39, 0.29) is 27.5 Å². The zero-order valence-electron chi connectivity index (χ0n) is 10.5. The second-order valence-corrected chi connectivity index (χ2v) is 6.01. The van der Waals surface area contributed by atoms with E-state index in [2.05, 4.69) is 0 Å². The van der Waals surface area contributed by atoms with Gasteiger partial charge in [-0.2, -0.15) is 0 Å². The van der Waals surface area contributed by atoms with Gasteiger partial charge in [0.05, 0.1) is 15.6 Å². The number of aromatic hydroxyl groups is 1. The fourth-order valence-corrected chi connectivity index (χ4v) is 2.69. The van der Waals surface area contributed by atoms with Crippen molar-refractivity contribution in [2.45, 2.75) is 38.9 Å². The Bertz CT molecular complexity index is 442. The maximum Gasteiger partial charge on any atom is 0.494 e. The van der Waals surface area contributed by atoms with E-state index in [9.17, 15) is 5.11 Å². The fraction of sp³-hybridized carbons (Fsp3) is 0.500. The molecule has 1 aliphatic rings. The number of halogens is 2. The summed E-state index contributed by atoms with van der Waals surface area (Å²) >= 11 is 11.8. The van der Waals surface area contributed by atoms with Crippen LogP contribution in [0.3, 0.4) is 0 Å². The van der Waals surface area contributed by atoms with Crippen LogP contribution < -0.4 is 5.46 Å². The van der Waals surface area contributed by atoms with Gasteiger partial charge in [-0.05, 0) is 44.8 Å². The van der Waals surface area contributed by atoms with Crippen LogP contribution in [0.5, 0.6) is 5.75 Å². The molecule has 0 aromatic heterocycles. The molecule has 98 valence electrons. The Kier molecular flexibility index (Phi) is 3.84. The summed E-state index contributed by atoms with van der Waals surface area (Å²) in [6.07, 6.45) is 0.911. The van der Waals surface area contributed by atoms with Crippen molar-refractivity contribution in [2.24, 2.45) is 0 Å². The van der Waals surface area contributed by atoms with Gasteiger partial charge < -0.3 is 14.4 Å². The van der Waals surface area contributed by atoms with E-state index in [0.29, 0.717) is 5.46 Å². The molecule has 1 fully saturated rings. The van der Waals surface area contributed by atoms with Crippen LogP contribution in [0.4, 0.5) is 0 Å². The van der Waals surface area contributed by atoms with E-state index in [1.807, 2.05) is 20.8 Å². The number of hydrogen-bond donors (Lipinski definition) is 1. The quantitative estimate of drug-likeness (QED) is 0.808. The molecule has 0 aliphatic carbocycles. The SMILES string of the molecule is CC1CC(C)(C)OB(c2cc(Cl)c(O)c(Cl)c2)O1. The molecule has 6 heteroatoms. The van der Waals surface area contributed by atoms with Crippen LogP contribution >= 0.6 is 23.2 Å². The van der Waals surface area contributed by atoms with E-state index in [1.54, 1.807) is 12.1 Å². The van der Waals surface area contributed by atoms with Crippen molar-refractivity contribution in [3.05, 3.63) is 22.2 Å². The third-order valence-electron chi connectivity index (χ3n) is 2.87. The fourth-order valence-electron chi connectivity index (χ4n) is 2.18. The summed E-state index contributed by atoms with van der Waals surface area (Å²) < 4.78 is 11.6. The van der Waals surface area contributed by atoms with Crippen LogP contribution in [0, 0.1) is 0 Å². The van der Waals surface area contributed by atoms with Gasteiger partial charge in [0.1, 0.15) is 0 Å². The Morgan fingerprint density at radius 2 is 1.89 bits per heavy atom. The van der Waals surface area contributed by atoms with Crippen molar-refractivity contribution in [2.75, 3.05) is 0 Å². The molecule has 1 aromatic rings. The largest absolute Gasteiger partial charge is 0.505 e. The van der Waals surface area contributed by atoms with Crippen LogP contribution in [-0.4, -0.2) is 23.9 Å². The molecule has 0 radical (unpaired) electrons. The lowest BCUT2D eigenvalue weighted by Crippen LogP contribution is -2.51. The van der Waals surface area contributed by atoms with Gasteiger partial charge in [0.15, 0.2) is 5.75 Å². The highest BCUT2D eigenvalue weighted by atomic mass is 35.5. The molecule has 3 nitrogen and oxygen atoms in total. The normalized spacial score (nSPS) is 23.2. The minimum atomic E-state index is -0.514. The van der Waals surface area contributed by atoms with Gasteiger partial charge in [-0.25, -0.2) is 0 Å². The van der Waals surface area contributed by atoms with Crippen molar-refractivity contribution in [3.63, 3.8) is 0 Å². The molecular weight excluding hydrogens is 274 g/mol. The van der Waals surface area contributed by atoms with Crippen LogP contribution in [0.1, 0.15) is 27.2 Å². The lowest BCUT2D eigenvalue weighted by molar-refractivity contribution is -0.0229. The molecule has 0 amide bonds. The summed E-state index contributed by atoms with van der Waals surface area (Å²) in [6, 6.07) is 3.23. The third kappa shape index (κ3) is 2.94. The average Bonchev–Trinajstić information content (AvgIpc) is 2.22. The number of phenols is 1. The Labute approximate surface area is 117 Å². The number of rotatable bonds is 1. The van der Waals surface area contributed by atoms with Gasteiger partial charge in [0.25, 0.3) is 0 Å². The molecule has 2 rings (SSSR count). The first-order valence-electron chi connectivity index (χ1n) is 5.80. The van der Waals surface area contributed by atoms with Gasteiger partial charge in [-0.1, -0.05) is 23.2 Å². The van der Waals surface area contributed by atoms with Crippen LogP contribution in [0.15, 0.2) is 12.1 Å². The molecule has 1 heterocycles. The van der Waals surface area contributed by atoms with E-state index in [4.69, 9.17) is 32.5 Å². The first-order valence-corrected chi connectivity index (χ1v) is 6.55. The van der Waals surface area contributed by atoms with Gasteiger partial charge in [0.2, 0.25) is 0 Å². The van der Waals surface area contributed by atoms with Gasteiger partial charge in [-0.3, -0.25) is 0 Å². The van der Waals surface area contributed by atoms with Crippen molar-refractivity contribution in [1.29, 1.82) is 0 Å². The first kappa shape index (κ1) is 14.0. The highest BCUT2D eigenvalue weighted by molar-refractivity contribution is 6.62. The molecule has 1 saturated heterocycles. The maximum atomic E-state index is 9.54. The summed E-state index contributed by atoms with van der Waals surface area (Å²) in [6.45, 7) is 6.03. The molecule has 0 bridgehead atoms. The molecule has 18 heavy (non-hydrogen) atoms. The van der Waals surface area contributed by atoms with Crippen molar-refractivity contribution in [1.82, 2.24) is 0 Å². The van der Waals surface area contributed by atoms with Gasteiger partial charge >= 0.3 is 7.12 Å². The topological polar surface area (TPSA) is 38.7 Å². The Hall–Kier alpha value is -0.415. The second-order valence-electron chi connectivity index (χ2n) is 5.19. The molecule has 1 aromatic carbocycles. The molecule has 1 unspecified atom stereocenters. The van der Waals surface area contributed by atoms with E-state index in [1.165, 1.54) is 0 Å². The lowest BCUT2D eigenvalue weighted by Gasteiger charge is -2.38. The smallest absolute Gasteiger partial charge is 0.494 e. The van der Waals surface area contributed by atoms with Gasteiger partial charge in [-0.15, -0.1) is 0 Å². The highest BCUT2D eigenvalue weighted by Crippen LogP contribution is 2.31. The zero-order chi connectivity index (χ0) is 13.5. The number of benzene rings is 1. The Balaban J connectivity index is 2.31. The van der Waals surface area contributed by atoms with Crippen LogP contribution in [0.2, 0.25) is 10.0 Å². The summed E-state index contributed by atoms with van der Waals surface area (Å²) in [5.74, 6) is -0.120. The van der Waals surface area contributed by atoms with E-state index < -0.39 is 7.12 Å². The maximum absolute atomic E-state index is 9.54.